The van der Waals surface area contributed by atoms with Gasteiger partial charge in [0.2, 0.25) is 0 Å². The third-order valence-corrected chi connectivity index (χ3v) is 6.71. The van der Waals surface area contributed by atoms with Crippen molar-refractivity contribution in [2.75, 3.05) is 18.4 Å². The van der Waals surface area contributed by atoms with Gasteiger partial charge in [-0.25, -0.2) is 24.3 Å². The molecule has 1 aliphatic carbocycles. The predicted octanol–water partition coefficient (Wildman–Crippen LogP) is 4.15. The number of alkyl halides is 1. The molecule has 0 aromatic carbocycles. The van der Waals surface area contributed by atoms with Gasteiger partial charge in [-0.15, -0.1) is 0 Å². The Morgan fingerprint density at radius 2 is 1.91 bits per heavy atom. The zero-order valence-corrected chi connectivity index (χ0v) is 19.3. The minimum absolute atomic E-state index is 0.0512. The van der Waals surface area contributed by atoms with E-state index in [2.05, 4.69) is 31.8 Å². The standard InChI is InChI=1S/C26H27FN6O/c1-15-10-30-25(31-11-15)20-6-4-16(2)32-24(20)26(34)33-14-22-17(3)21(22)8-19(33)13-29-23-7-5-18(9-27)12-28-23/h4-7,10-12,19,21-22H,3,8-9,13-14H2,1-2H3,(H,28,29). The third-order valence-electron chi connectivity index (χ3n) is 6.71. The number of rotatable bonds is 6. The van der Waals surface area contributed by atoms with Crippen molar-refractivity contribution >= 4 is 11.7 Å². The minimum Gasteiger partial charge on any atom is -0.368 e. The van der Waals surface area contributed by atoms with Gasteiger partial charge in [-0.1, -0.05) is 18.2 Å². The lowest BCUT2D eigenvalue weighted by atomic mass is 10.00. The Morgan fingerprint density at radius 1 is 1.12 bits per heavy atom. The number of hydrogen-bond donors (Lipinski definition) is 1. The molecule has 5 rings (SSSR count). The van der Waals surface area contributed by atoms with Gasteiger partial charge in [-0.05, 0) is 49.9 Å². The Hall–Kier alpha value is -3.68. The van der Waals surface area contributed by atoms with E-state index < -0.39 is 6.67 Å². The number of likely N-dealkylation sites (tertiary alicyclic amines) is 1. The summed E-state index contributed by atoms with van der Waals surface area (Å²) in [5.74, 6) is 1.80. The number of aromatic nitrogens is 4. The molecule has 0 radical (unpaired) electrons. The van der Waals surface area contributed by atoms with Crippen molar-refractivity contribution in [3.63, 3.8) is 0 Å². The van der Waals surface area contributed by atoms with Crippen molar-refractivity contribution in [1.29, 1.82) is 0 Å². The smallest absolute Gasteiger partial charge is 0.273 e. The molecule has 1 amide bonds. The first-order valence-corrected chi connectivity index (χ1v) is 11.5. The zero-order chi connectivity index (χ0) is 23.8. The molecule has 34 heavy (non-hydrogen) atoms. The van der Waals surface area contributed by atoms with Crippen LogP contribution in [0.3, 0.4) is 0 Å². The van der Waals surface area contributed by atoms with Crippen LogP contribution in [0.5, 0.6) is 0 Å². The molecule has 4 heterocycles. The molecule has 7 nitrogen and oxygen atoms in total. The molecule has 3 unspecified atom stereocenters. The fraction of sp³-hybridized carbons (Fsp3) is 0.346. The number of carbonyl (C=O) groups excluding carboxylic acids is 1. The van der Waals surface area contributed by atoms with Crippen LogP contribution in [0.15, 0.2) is 55.0 Å². The van der Waals surface area contributed by atoms with Gasteiger partial charge in [-0.3, -0.25) is 4.79 Å². The number of anilines is 1. The normalized spacial score (nSPS) is 21.2. The summed E-state index contributed by atoms with van der Waals surface area (Å²) >= 11 is 0. The molecule has 3 aromatic heterocycles. The molecule has 0 bridgehead atoms. The number of nitrogens with one attached hydrogen (secondary N) is 1. The van der Waals surface area contributed by atoms with Crippen molar-refractivity contribution in [3.8, 4) is 11.4 Å². The van der Waals surface area contributed by atoms with Gasteiger partial charge >= 0.3 is 0 Å². The van der Waals surface area contributed by atoms with Gasteiger partial charge in [0, 0.05) is 54.9 Å². The van der Waals surface area contributed by atoms with Gasteiger partial charge in [0.15, 0.2) is 5.82 Å². The number of piperidine rings is 1. The second kappa shape index (κ2) is 8.93. The number of halogens is 1. The van der Waals surface area contributed by atoms with E-state index in [4.69, 9.17) is 0 Å². The topological polar surface area (TPSA) is 83.9 Å². The Bertz CT molecular complexity index is 1230. The van der Waals surface area contributed by atoms with Crippen LogP contribution in [0.1, 0.15) is 33.7 Å². The summed E-state index contributed by atoms with van der Waals surface area (Å²) in [6, 6.07) is 7.16. The van der Waals surface area contributed by atoms with Crippen LogP contribution in [-0.2, 0) is 6.67 Å². The molecule has 3 atom stereocenters. The fourth-order valence-electron chi connectivity index (χ4n) is 4.63. The van der Waals surface area contributed by atoms with Crippen molar-refractivity contribution < 1.29 is 9.18 Å². The molecule has 0 spiro atoms. The van der Waals surface area contributed by atoms with Crippen molar-refractivity contribution in [2.45, 2.75) is 33.0 Å². The van der Waals surface area contributed by atoms with Gasteiger partial charge in [0.1, 0.15) is 18.2 Å². The highest BCUT2D eigenvalue weighted by Crippen LogP contribution is 2.51. The number of amides is 1. The highest BCUT2D eigenvalue weighted by molar-refractivity contribution is 5.98. The highest BCUT2D eigenvalue weighted by Gasteiger charge is 2.50. The van der Waals surface area contributed by atoms with Crippen LogP contribution >= 0.6 is 0 Å². The molecule has 8 heteroatoms. The van der Waals surface area contributed by atoms with Gasteiger partial charge in [0.25, 0.3) is 5.91 Å². The lowest BCUT2D eigenvalue weighted by Gasteiger charge is -2.35. The summed E-state index contributed by atoms with van der Waals surface area (Å²) in [7, 11) is 0. The lowest BCUT2D eigenvalue weighted by Crippen LogP contribution is -2.48. The molecule has 3 aromatic rings. The summed E-state index contributed by atoms with van der Waals surface area (Å²) in [6.07, 6.45) is 5.84. The second-order valence-corrected chi connectivity index (χ2v) is 9.13. The average Bonchev–Trinajstić information content (AvgIpc) is 3.50. The Labute approximate surface area is 198 Å². The molecule has 1 N–H and O–H groups in total. The van der Waals surface area contributed by atoms with Crippen LogP contribution in [0.2, 0.25) is 0 Å². The molecular formula is C26H27FN6O. The number of fused-ring (bicyclic) bond motifs is 1. The first-order valence-electron chi connectivity index (χ1n) is 11.5. The van der Waals surface area contributed by atoms with E-state index in [1.54, 1.807) is 24.5 Å². The molecule has 1 saturated heterocycles. The summed E-state index contributed by atoms with van der Waals surface area (Å²) in [4.78, 5) is 33.5. The van der Waals surface area contributed by atoms with Gasteiger partial charge in [0.05, 0.1) is 5.56 Å². The van der Waals surface area contributed by atoms with E-state index in [1.807, 2.05) is 30.9 Å². The molecule has 1 saturated carbocycles. The van der Waals surface area contributed by atoms with E-state index in [1.165, 1.54) is 11.8 Å². The molecule has 2 fully saturated rings. The van der Waals surface area contributed by atoms with Gasteiger partial charge in [-0.2, -0.15) is 0 Å². The van der Waals surface area contributed by atoms with E-state index >= 15 is 0 Å². The van der Waals surface area contributed by atoms with Crippen LogP contribution < -0.4 is 5.32 Å². The Morgan fingerprint density at radius 3 is 2.62 bits per heavy atom. The molecule has 1 aliphatic heterocycles. The maximum Gasteiger partial charge on any atom is 0.273 e. The van der Waals surface area contributed by atoms with E-state index in [-0.39, 0.29) is 11.9 Å². The van der Waals surface area contributed by atoms with Crippen LogP contribution in [0.25, 0.3) is 11.4 Å². The Kier molecular flexibility index (Phi) is 5.81. The number of pyridine rings is 2. The van der Waals surface area contributed by atoms with Gasteiger partial charge < -0.3 is 10.2 Å². The quantitative estimate of drug-likeness (QED) is 0.559. The minimum atomic E-state index is -0.542. The first kappa shape index (κ1) is 22.1. The van der Waals surface area contributed by atoms with E-state index in [9.17, 15) is 9.18 Å². The van der Waals surface area contributed by atoms with E-state index in [0.717, 1.165) is 17.7 Å². The lowest BCUT2D eigenvalue weighted by molar-refractivity contribution is 0.0611. The maximum absolute atomic E-state index is 13.9. The molecular weight excluding hydrogens is 431 g/mol. The number of carbonyl (C=O) groups is 1. The SMILES string of the molecule is C=C1C2CC(CNc3ccc(CF)cn3)N(C(=O)c3nc(C)ccc3-c3ncc(C)cn3)CC12. The summed E-state index contributed by atoms with van der Waals surface area (Å²) < 4.78 is 12.8. The zero-order valence-electron chi connectivity index (χ0n) is 19.3. The number of aryl methyl sites for hydroxylation is 2. The number of hydrogen-bond acceptors (Lipinski definition) is 6. The van der Waals surface area contributed by atoms with E-state index in [0.29, 0.717) is 53.4 Å². The van der Waals surface area contributed by atoms with Crippen LogP contribution in [0.4, 0.5) is 10.2 Å². The summed E-state index contributed by atoms with van der Waals surface area (Å²) in [5.41, 5.74) is 4.45. The van der Waals surface area contributed by atoms with Crippen molar-refractivity contribution in [3.05, 3.63) is 77.5 Å². The molecule has 174 valence electrons. The predicted molar refractivity (Wildman–Crippen MR) is 128 cm³/mol. The third kappa shape index (κ3) is 4.27. The summed E-state index contributed by atoms with van der Waals surface area (Å²) in [6.45, 7) is 8.60. The van der Waals surface area contributed by atoms with Crippen molar-refractivity contribution in [2.24, 2.45) is 11.8 Å². The second-order valence-electron chi connectivity index (χ2n) is 9.13. The van der Waals surface area contributed by atoms with Crippen LogP contribution in [0, 0.1) is 25.7 Å². The number of nitrogens with zero attached hydrogens (tertiary/aromatic N) is 5. The van der Waals surface area contributed by atoms with Crippen molar-refractivity contribution in [1.82, 2.24) is 24.8 Å². The summed E-state index contributed by atoms with van der Waals surface area (Å²) in [5, 5.41) is 3.32. The van der Waals surface area contributed by atoms with Crippen LogP contribution in [-0.4, -0.2) is 49.9 Å². The monoisotopic (exact) mass is 458 g/mol. The highest BCUT2D eigenvalue weighted by atomic mass is 19.1. The largest absolute Gasteiger partial charge is 0.368 e. The average molecular weight is 459 g/mol. The molecule has 2 aliphatic rings. The Balaban J connectivity index is 1.42. The first-order chi connectivity index (χ1) is 16.4. The fourth-order valence-corrected chi connectivity index (χ4v) is 4.63. The maximum atomic E-state index is 13.9.